The molecule has 4 rings (SSSR count). The molecule has 0 atom stereocenters. The number of amides is 1. The van der Waals surface area contributed by atoms with E-state index in [1.165, 1.54) is 16.3 Å². The van der Waals surface area contributed by atoms with Gasteiger partial charge in [-0.3, -0.25) is 14.2 Å². The maximum absolute atomic E-state index is 12.5. The standard InChI is InChI=1S/C20H20N4O3/c21-10-14-11-23(16-6-7-16)19(27)24(18(14)26)12-17(25)22-13-20(8-9-20)15-4-2-1-3-5-15/h1-5,11,16H,6-9,12-13H2,(H,22,25). The van der Waals surface area contributed by atoms with Crippen LogP contribution in [0.25, 0.3) is 0 Å². The number of hydrogen-bond donors (Lipinski definition) is 1. The van der Waals surface area contributed by atoms with Gasteiger partial charge in [0.05, 0.1) is 0 Å². The number of benzene rings is 1. The fourth-order valence-corrected chi connectivity index (χ4v) is 3.43. The third-order valence-electron chi connectivity index (χ3n) is 5.42. The zero-order valence-electron chi connectivity index (χ0n) is 14.9. The van der Waals surface area contributed by atoms with Crippen molar-refractivity contribution in [1.29, 1.82) is 5.26 Å². The molecular weight excluding hydrogens is 344 g/mol. The summed E-state index contributed by atoms with van der Waals surface area (Å²) in [6, 6.07) is 11.9. The third-order valence-corrected chi connectivity index (χ3v) is 5.42. The van der Waals surface area contributed by atoms with Crippen molar-refractivity contribution in [2.24, 2.45) is 0 Å². The smallest absolute Gasteiger partial charge is 0.331 e. The minimum absolute atomic E-state index is 0.0207. The molecule has 2 aliphatic carbocycles. The highest BCUT2D eigenvalue weighted by atomic mass is 16.2. The van der Waals surface area contributed by atoms with Gasteiger partial charge in [0.2, 0.25) is 5.91 Å². The van der Waals surface area contributed by atoms with E-state index >= 15 is 0 Å². The monoisotopic (exact) mass is 364 g/mol. The fourth-order valence-electron chi connectivity index (χ4n) is 3.43. The lowest BCUT2D eigenvalue weighted by Crippen LogP contribution is -2.45. The first-order valence-corrected chi connectivity index (χ1v) is 9.12. The van der Waals surface area contributed by atoms with Crippen LogP contribution in [0, 0.1) is 11.3 Å². The summed E-state index contributed by atoms with van der Waals surface area (Å²) in [6.07, 6.45) is 4.99. The molecule has 0 radical (unpaired) electrons. The number of carbonyl (C=O) groups is 1. The van der Waals surface area contributed by atoms with E-state index in [1.54, 1.807) is 0 Å². The Morgan fingerprint density at radius 3 is 2.52 bits per heavy atom. The highest BCUT2D eigenvalue weighted by molar-refractivity contribution is 5.76. The Balaban J connectivity index is 1.51. The molecule has 0 spiro atoms. The molecule has 1 aromatic carbocycles. The number of nitriles is 1. The van der Waals surface area contributed by atoms with Crippen LogP contribution in [-0.4, -0.2) is 21.6 Å². The molecule has 0 saturated heterocycles. The molecule has 1 aromatic heterocycles. The van der Waals surface area contributed by atoms with E-state index in [2.05, 4.69) is 5.32 Å². The maximum atomic E-state index is 12.5. The van der Waals surface area contributed by atoms with Gasteiger partial charge in [-0.05, 0) is 31.2 Å². The molecule has 27 heavy (non-hydrogen) atoms. The van der Waals surface area contributed by atoms with Gasteiger partial charge in [-0.1, -0.05) is 30.3 Å². The average Bonchev–Trinajstić information content (AvgIpc) is 3.59. The van der Waals surface area contributed by atoms with E-state index in [0.717, 1.165) is 30.3 Å². The Bertz CT molecular complexity index is 1040. The first-order chi connectivity index (χ1) is 13.0. The zero-order valence-corrected chi connectivity index (χ0v) is 14.9. The van der Waals surface area contributed by atoms with Gasteiger partial charge in [-0.15, -0.1) is 0 Å². The van der Waals surface area contributed by atoms with Gasteiger partial charge in [-0.25, -0.2) is 9.36 Å². The van der Waals surface area contributed by atoms with E-state index in [4.69, 9.17) is 5.26 Å². The molecule has 7 nitrogen and oxygen atoms in total. The average molecular weight is 364 g/mol. The number of nitrogens with zero attached hydrogens (tertiary/aromatic N) is 3. The second-order valence-electron chi connectivity index (χ2n) is 7.39. The molecule has 2 aromatic rings. The summed E-state index contributed by atoms with van der Waals surface area (Å²) >= 11 is 0. The Labute approximate surface area is 155 Å². The second-order valence-corrected chi connectivity index (χ2v) is 7.39. The maximum Gasteiger partial charge on any atom is 0.331 e. The molecule has 2 aliphatic rings. The predicted molar refractivity (Wildman–Crippen MR) is 98.3 cm³/mol. The van der Waals surface area contributed by atoms with Crippen molar-refractivity contribution in [1.82, 2.24) is 14.5 Å². The summed E-state index contributed by atoms with van der Waals surface area (Å²) in [5.41, 5.74) is -0.216. The quantitative estimate of drug-likeness (QED) is 0.829. The van der Waals surface area contributed by atoms with Crippen LogP contribution in [0.15, 0.2) is 46.1 Å². The fraction of sp³-hybridized carbons (Fsp3) is 0.400. The van der Waals surface area contributed by atoms with Crippen LogP contribution in [-0.2, 0) is 16.8 Å². The van der Waals surface area contributed by atoms with Crippen molar-refractivity contribution < 1.29 is 4.79 Å². The molecule has 2 fully saturated rings. The lowest BCUT2D eigenvalue weighted by atomic mass is 9.96. The normalized spacial score (nSPS) is 17.1. The van der Waals surface area contributed by atoms with Gasteiger partial charge in [-0.2, -0.15) is 5.26 Å². The molecule has 1 amide bonds. The highest BCUT2D eigenvalue weighted by Gasteiger charge is 2.44. The second kappa shape index (κ2) is 6.54. The van der Waals surface area contributed by atoms with Crippen LogP contribution in [0.5, 0.6) is 0 Å². The van der Waals surface area contributed by atoms with Gasteiger partial charge < -0.3 is 5.32 Å². The van der Waals surface area contributed by atoms with E-state index < -0.39 is 17.2 Å². The number of hydrogen-bond acceptors (Lipinski definition) is 4. The van der Waals surface area contributed by atoms with Crippen LogP contribution >= 0.6 is 0 Å². The van der Waals surface area contributed by atoms with Crippen LogP contribution < -0.4 is 16.6 Å². The number of carbonyl (C=O) groups excluding carboxylic acids is 1. The molecule has 1 heterocycles. The summed E-state index contributed by atoms with van der Waals surface area (Å²) < 4.78 is 2.27. The van der Waals surface area contributed by atoms with Crippen molar-refractivity contribution in [2.75, 3.05) is 6.54 Å². The minimum Gasteiger partial charge on any atom is -0.354 e. The molecule has 138 valence electrons. The molecule has 0 unspecified atom stereocenters. The minimum atomic E-state index is -0.709. The van der Waals surface area contributed by atoms with Crippen molar-refractivity contribution in [2.45, 2.75) is 43.7 Å². The van der Waals surface area contributed by atoms with Gasteiger partial charge in [0.25, 0.3) is 5.56 Å². The summed E-state index contributed by atoms with van der Waals surface area (Å²) in [6.45, 7) is 0.101. The molecule has 2 saturated carbocycles. The van der Waals surface area contributed by atoms with Gasteiger partial charge in [0.1, 0.15) is 18.2 Å². The predicted octanol–water partition coefficient (Wildman–Crippen LogP) is 1.06. The van der Waals surface area contributed by atoms with Crippen molar-refractivity contribution in [3.8, 4) is 6.07 Å². The molecule has 0 bridgehead atoms. The first-order valence-electron chi connectivity index (χ1n) is 9.12. The third kappa shape index (κ3) is 3.31. The van der Waals surface area contributed by atoms with E-state index in [9.17, 15) is 14.4 Å². The zero-order chi connectivity index (χ0) is 19.0. The van der Waals surface area contributed by atoms with E-state index in [0.29, 0.717) is 6.54 Å². The largest absolute Gasteiger partial charge is 0.354 e. The molecular formula is C20H20N4O3. The van der Waals surface area contributed by atoms with Crippen LogP contribution in [0.3, 0.4) is 0 Å². The lowest BCUT2D eigenvalue weighted by molar-refractivity contribution is -0.121. The summed E-state index contributed by atoms with van der Waals surface area (Å²) in [5, 5.41) is 12.0. The van der Waals surface area contributed by atoms with Crippen molar-refractivity contribution in [3.63, 3.8) is 0 Å². The Hall–Kier alpha value is -3.14. The Kier molecular flexibility index (Phi) is 4.19. The number of rotatable bonds is 6. The molecule has 0 aliphatic heterocycles. The van der Waals surface area contributed by atoms with E-state index in [-0.39, 0.29) is 23.6 Å². The van der Waals surface area contributed by atoms with Crippen molar-refractivity contribution >= 4 is 5.91 Å². The Morgan fingerprint density at radius 1 is 1.22 bits per heavy atom. The van der Waals surface area contributed by atoms with Gasteiger partial charge in [0, 0.05) is 24.2 Å². The molecule has 1 N–H and O–H groups in total. The number of nitrogens with one attached hydrogen (secondary N) is 1. The SMILES string of the molecule is N#Cc1cn(C2CC2)c(=O)n(CC(=O)NCC2(c3ccccc3)CC2)c1=O. The van der Waals surface area contributed by atoms with E-state index in [1.807, 2.05) is 36.4 Å². The van der Waals surface area contributed by atoms with Gasteiger partial charge in [0.15, 0.2) is 0 Å². The molecule has 7 heteroatoms. The summed E-state index contributed by atoms with van der Waals surface area (Å²) in [7, 11) is 0. The van der Waals surface area contributed by atoms with Crippen LogP contribution in [0.1, 0.15) is 42.9 Å². The Morgan fingerprint density at radius 2 is 1.93 bits per heavy atom. The van der Waals surface area contributed by atoms with Gasteiger partial charge >= 0.3 is 5.69 Å². The first kappa shape index (κ1) is 17.3. The highest BCUT2D eigenvalue weighted by Crippen LogP contribution is 2.47. The number of aromatic nitrogens is 2. The topological polar surface area (TPSA) is 96.9 Å². The summed E-state index contributed by atoms with van der Waals surface area (Å²) in [4.78, 5) is 37.3. The van der Waals surface area contributed by atoms with Crippen LogP contribution in [0.4, 0.5) is 0 Å². The lowest BCUT2D eigenvalue weighted by Gasteiger charge is -2.17. The van der Waals surface area contributed by atoms with Crippen molar-refractivity contribution in [3.05, 3.63) is 68.5 Å². The summed E-state index contributed by atoms with van der Waals surface area (Å²) in [5.74, 6) is -0.395. The van der Waals surface area contributed by atoms with Crippen LogP contribution in [0.2, 0.25) is 0 Å².